The lowest BCUT2D eigenvalue weighted by molar-refractivity contribution is -0.120. The van der Waals surface area contributed by atoms with Crippen LogP contribution >= 0.6 is 0 Å². The third kappa shape index (κ3) is 3.53. The first-order valence-electron chi connectivity index (χ1n) is 9.27. The molecule has 1 aliphatic heterocycles. The van der Waals surface area contributed by atoms with Gasteiger partial charge in [-0.05, 0) is 61.4 Å². The fourth-order valence-electron chi connectivity index (χ4n) is 3.60. The first kappa shape index (κ1) is 18.0. The van der Waals surface area contributed by atoms with Crippen molar-refractivity contribution >= 4 is 17.5 Å². The molecule has 2 amide bonds. The standard InChI is InChI=1S/C22H22N4O2/c1-16-11-17(2)13-20(12-16)26-10-9-24(14-21(26)27)22(28)18-3-5-19(6-4-18)25-8-7-23-15-25/h3-8,11-13,15H,9-10,14H2,1-2H3. The van der Waals surface area contributed by atoms with Gasteiger partial charge in [0.15, 0.2) is 0 Å². The van der Waals surface area contributed by atoms with Crippen molar-refractivity contribution in [1.29, 1.82) is 0 Å². The number of amides is 2. The third-order valence-corrected chi connectivity index (χ3v) is 4.94. The van der Waals surface area contributed by atoms with Crippen LogP contribution in [0.15, 0.2) is 61.2 Å². The summed E-state index contributed by atoms with van der Waals surface area (Å²) >= 11 is 0. The van der Waals surface area contributed by atoms with Crippen molar-refractivity contribution in [2.45, 2.75) is 13.8 Å². The molecule has 6 nitrogen and oxygen atoms in total. The Morgan fingerprint density at radius 1 is 0.964 bits per heavy atom. The number of hydrogen-bond acceptors (Lipinski definition) is 3. The number of nitrogens with zero attached hydrogens (tertiary/aromatic N) is 4. The van der Waals surface area contributed by atoms with Crippen LogP contribution in [0.3, 0.4) is 0 Å². The highest BCUT2D eigenvalue weighted by Crippen LogP contribution is 2.22. The fraction of sp³-hybridized carbons (Fsp3) is 0.227. The summed E-state index contributed by atoms with van der Waals surface area (Å²) in [4.78, 5) is 32.9. The van der Waals surface area contributed by atoms with E-state index in [-0.39, 0.29) is 18.4 Å². The quantitative estimate of drug-likeness (QED) is 0.708. The Bertz CT molecular complexity index is 989. The van der Waals surface area contributed by atoms with E-state index >= 15 is 0 Å². The summed E-state index contributed by atoms with van der Waals surface area (Å²) in [7, 11) is 0. The Morgan fingerprint density at radius 2 is 1.68 bits per heavy atom. The predicted molar refractivity (Wildman–Crippen MR) is 108 cm³/mol. The zero-order valence-electron chi connectivity index (χ0n) is 16.0. The van der Waals surface area contributed by atoms with Gasteiger partial charge in [-0.15, -0.1) is 0 Å². The van der Waals surface area contributed by atoms with Gasteiger partial charge in [0.2, 0.25) is 5.91 Å². The van der Waals surface area contributed by atoms with Crippen LogP contribution in [-0.4, -0.2) is 45.9 Å². The van der Waals surface area contributed by atoms with Crippen molar-refractivity contribution in [3.05, 3.63) is 77.9 Å². The molecule has 1 aromatic heterocycles. The molecule has 1 fully saturated rings. The Balaban J connectivity index is 1.46. The maximum absolute atomic E-state index is 12.8. The summed E-state index contributed by atoms with van der Waals surface area (Å²) in [6, 6.07) is 13.4. The largest absolute Gasteiger partial charge is 0.328 e. The van der Waals surface area contributed by atoms with Crippen molar-refractivity contribution in [1.82, 2.24) is 14.5 Å². The molecule has 0 spiro atoms. The third-order valence-electron chi connectivity index (χ3n) is 4.94. The molecule has 0 radical (unpaired) electrons. The van der Waals surface area contributed by atoms with Crippen molar-refractivity contribution in [2.24, 2.45) is 0 Å². The minimum absolute atomic E-state index is 0.0559. The molecule has 3 aromatic rings. The van der Waals surface area contributed by atoms with Gasteiger partial charge in [-0.1, -0.05) is 6.07 Å². The molecular formula is C22H22N4O2. The van der Waals surface area contributed by atoms with Gasteiger partial charge >= 0.3 is 0 Å². The van der Waals surface area contributed by atoms with Crippen LogP contribution in [0.5, 0.6) is 0 Å². The monoisotopic (exact) mass is 374 g/mol. The second kappa shape index (κ2) is 7.31. The van der Waals surface area contributed by atoms with Crippen molar-refractivity contribution in [2.75, 3.05) is 24.5 Å². The molecule has 6 heteroatoms. The van der Waals surface area contributed by atoms with Gasteiger partial charge in [-0.2, -0.15) is 0 Å². The molecule has 28 heavy (non-hydrogen) atoms. The molecule has 0 aliphatic carbocycles. The Labute approximate surface area is 164 Å². The van der Waals surface area contributed by atoms with E-state index in [1.54, 1.807) is 34.5 Å². The lowest BCUT2D eigenvalue weighted by Gasteiger charge is -2.34. The SMILES string of the molecule is Cc1cc(C)cc(N2CCN(C(=O)c3ccc(-n4ccnc4)cc3)CC2=O)c1. The number of aromatic nitrogens is 2. The lowest BCUT2D eigenvalue weighted by atomic mass is 10.1. The Hall–Kier alpha value is -3.41. The zero-order chi connectivity index (χ0) is 19.7. The van der Waals surface area contributed by atoms with E-state index < -0.39 is 0 Å². The van der Waals surface area contributed by atoms with E-state index in [4.69, 9.17) is 0 Å². The number of imidazole rings is 1. The average Bonchev–Trinajstić information content (AvgIpc) is 3.21. The molecule has 1 aliphatic rings. The van der Waals surface area contributed by atoms with Crippen LogP contribution < -0.4 is 4.90 Å². The minimum atomic E-state index is -0.120. The Kier molecular flexibility index (Phi) is 4.69. The number of aryl methyl sites for hydroxylation is 2. The van der Waals surface area contributed by atoms with Gasteiger partial charge in [-0.25, -0.2) is 4.98 Å². The molecule has 2 aromatic carbocycles. The molecule has 0 bridgehead atoms. The number of hydrogen-bond donors (Lipinski definition) is 0. The second-order valence-electron chi connectivity index (χ2n) is 7.13. The van der Waals surface area contributed by atoms with Crippen molar-refractivity contribution in [3.8, 4) is 5.69 Å². The normalized spacial score (nSPS) is 14.4. The van der Waals surface area contributed by atoms with Gasteiger partial charge in [0, 0.05) is 42.4 Å². The minimum Gasteiger partial charge on any atom is -0.328 e. The van der Waals surface area contributed by atoms with E-state index in [9.17, 15) is 9.59 Å². The van der Waals surface area contributed by atoms with Gasteiger partial charge in [0.05, 0.1) is 6.33 Å². The first-order valence-corrected chi connectivity index (χ1v) is 9.27. The molecule has 4 rings (SSSR count). The van der Waals surface area contributed by atoms with E-state index in [1.165, 1.54) is 0 Å². The number of carbonyl (C=O) groups excluding carboxylic acids is 2. The van der Waals surface area contributed by atoms with Crippen LogP contribution in [0.1, 0.15) is 21.5 Å². The molecule has 0 unspecified atom stereocenters. The zero-order valence-corrected chi connectivity index (χ0v) is 16.0. The highest BCUT2D eigenvalue weighted by molar-refractivity contribution is 6.01. The smallest absolute Gasteiger partial charge is 0.254 e. The fourth-order valence-corrected chi connectivity index (χ4v) is 3.60. The van der Waals surface area contributed by atoms with Crippen LogP contribution in [0.25, 0.3) is 5.69 Å². The van der Waals surface area contributed by atoms with Crippen LogP contribution in [-0.2, 0) is 4.79 Å². The number of piperazine rings is 1. The summed E-state index contributed by atoms with van der Waals surface area (Å²) in [6.07, 6.45) is 5.27. The van der Waals surface area contributed by atoms with Gasteiger partial charge in [0.25, 0.3) is 5.91 Å². The Morgan fingerprint density at radius 3 is 2.29 bits per heavy atom. The summed E-state index contributed by atoms with van der Waals surface area (Å²) in [6.45, 7) is 5.15. The molecule has 1 saturated heterocycles. The van der Waals surface area contributed by atoms with Crippen LogP contribution in [0.2, 0.25) is 0 Å². The molecule has 142 valence electrons. The van der Waals surface area contributed by atoms with Gasteiger partial charge < -0.3 is 14.4 Å². The summed E-state index contributed by atoms with van der Waals surface area (Å²) in [5.74, 6) is -0.176. The van der Waals surface area contributed by atoms with Gasteiger partial charge in [0.1, 0.15) is 6.54 Å². The van der Waals surface area contributed by atoms with E-state index in [2.05, 4.69) is 11.1 Å². The number of rotatable bonds is 3. The van der Waals surface area contributed by atoms with Crippen LogP contribution in [0.4, 0.5) is 5.69 Å². The summed E-state index contributed by atoms with van der Waals surface area (Å²) < 4.78 is 1.88. The highest BCUT2D eigenvalue weighted by atomic mass is 16.2. The van der Waals surface area contributed by atoms with Crippen LogP contribution in [0, 0.1) is 13.8 Å². The van der Waals surface area contributed by atoms with Crippen molar-refractivity contribution in [3.63, 3.8) is 0 Å². The molecular weight excluding hydrogens is 352 g/mol. The number of carbonyl (C=O) groups is 2. The van der Waals surface area contributed by atoms with E-state index in [1.807, 2.05) is 48.9 Å². The maximum atomic E-state index is 12.8. The first-order chi connectivity index (χ1) is 13.5. The average molecular weight is 374 g/mol. The van der Waals surface area contributed by atoms with Crippen molar-refractivity contribution < 1.29 is 9.59 Å². The van der Waals surface area contributed by atoms with Gasteiger partial charge in [-0.3, -0.25) is 9.59 Å². The summed E-state index contributed by atoms with van der Waals surface area (Å²) in [5, 5.41) is 0. The number of anilines is 1. The predicted octanol–water partition coefficient (Wildman–Crippen LogP) is 2.98. The maximum Gasteiger partial charge on any atom is 0.254 e. The molecule has 2 heterocycles. The molecule has 0 atom stereocenters. The lowest BCUT2D eigenvalue weighted by Crippen LogP contribution is -2.52. The summed E-state index contributed by atoms with van der Waals surface area (Å²) in [5.41, 5.74) is 4.67. The number of benzene rings is 2. The van der Waals surface area contributed by atoms with E-state index in [0.717, 1.165) is 22.5 Å². The van der Waals surface area contributed by atoms with E-state index in [0.29, 0.717) is 18.7 Å². The highest BCUT2D eigenvalue weighted by Gasteiger charge is 2.28. The molecule has 0 saturated carbocycles. The topological polar surface area (TPSA) is 58.4 Å². The molecule has 0 N–H and O–H groups in total. The second-order valence-corrected chi connectivity index (χ2v) is 7.13.